The fraction of sp³-hybridized carbons (Fsp3) is 0.0714. The van der Waals surface area contributed by atoms with Crippen LogP contribution in [0.25, 0.3) is 0 Å². The third kappa shape index (κ3) is 1.72. The van der Waals surface area contributed by atoms with E-state index in [1.54, 1.807) is 12.1 Å². The Kier molecular flexibility index (Phi) is 2.67. The second kappa shape index (κ2) is 4.26. The number of amides is 1. The monoisotopic (exact) mass is 278 g/mol. The molecule has 1 aliphatic rings. The molecule has 0 saturated heterocycles. The normalized spacial score (nSPS) is 13.8. The summed E-state index contributed by atoms with van der Waals surface area (Å²) in [6.45, 7) is 0.0937. The Morgan fingerprint density at radius 2 is 1.80 bits per heavy atom. The van der Waals surface area contributed by atoms with Crippen LogP contribution in [-0.2, 0) is 6.54 Å². The molecule has 2 N–H and O–H groups in total. The van der Waals surface area contributed by atoms with Crippen molar-refractivity contribution in [1.82, 2.24) is 0 Å². The minimum atomic E-state index is -1.59. The SMILES string of the molecule is Nc1ccc2c(c1)C(=O)N(c1ccc(F)c(F)c1F)C2. The molecule has 0 spiro atoms. The fourth-order valence-electron chi connectivity index (χ4n) is 2.24. The first-order chi connectivity index (χ1) is 9.49. The Bertz CT molecular complexity index is 731. The van der Waals surface area contributed by atoms with E-state index < -0.39 is 23.4 Å². The van der Waals surface area contributed by atoms with Gasteiger partial charge >= 0.3 is 0 Å². The lowest BCUT2D eigenvalue weighted by Crippen LogP contribution is -2.24. The molecule has 6 heteroatoms. The number of benzene rings is 2. The second-order valence-electron chi connectivity index (χ2n) is 4.50. The van der Waals surface area contributed by atoms with Crippen molar-refractivity contribution in [1.29, 1.82) is 0 Å². The first-order valence-corrected chi connectivity index (χ1v) is 5.83. The summed E-state index contributed by atoms with van der Waals surface area (Å²) in [5, 5.41) is 0. The van der Waals surface area contributed by atoms with Crippen molar-refractivity contribution in [3.8, 4) is 0 Å². The Balaban J connectivity index is 2.07. The van der Waals surface area contributed by atoms with E-state index in [1.807, 2.05) is 0 Å². The van der Waals surface area contributed by atoms with Gasteiger partial charge in [-0.2, -0.15) is 0 Å². The van der Waals surface area contributed by atoms with Crippen LogP contribution in [0.3, 0.4) is 0 Å². The summed E-state index contributed by atoms with van der Waals surface area (Å²) in [6, 6.07) is 6.59. The zero-order valence-electron chi connectivity index (χ0n) is 10.2. The smallest absolute Gasteiger partial charge is 0.259 e. The number of nitrogens with two attached hydrogens (primary N) is 1. The highest BCUT2D eigenvalue weighted by molar-refractivity contribution is 6.10. The van der Waals surface area contributed by atoms with Gasteiger partial charge in [0.25, 0.3) is 5.91 Å². The lowest BCUT2D eigenvalue weighted by molar-refractivity contribution is 0.0995. The fourth-order valence-corrected chi connectivity index (χ4v) is 2.24. The van der Waals surface area contributed by atoms with Crippen molar-refractivity contribution in [2.24, 2.45) is 0 Å². The lowest BCUT2D eigenvalue weighted by atomic mass is 10.1. The van der Waals surface area contributed by atoms with E-state index in [4.69, 9.17) is 5.73 Å². The minimum Gasteiger partial charge on any atom is -0.399 e. The lowest BCUT2D eigenvalue weighted by Gasteiger charge is -2.16. The van der Waals surface area contributed by atoms with E-state index in [0.717, 1.165) is 17.0 Å². The highest BCUT2D eigenvalue weighted by atomic mass is 19.2. The molecule has 0 aliphatic carbocycles. The van der Waals surface area contributed by atoms with Gasteiger partial charge < -0.3 is 10.6 Å². The Labute approximate surface area is 112 Å². The van der Waals surface area contributed by atoms with Gasteiger partial charge in [-0.15, -0.1) is 0 Å². The number of nitrogens with zero attached hydrogens (tertiary/aromatic N) is 1. The van der Waals surface area contributed by atoms with Gasteiger partial charge in [0.2, 0.25) is 0 Å². The van der Waals surface area contributed by atoms with Gasteiger partial charge in [-0.05, 0) is 29.8 Å². The molecule has 20 heavy (non-hydrogen) atoms. The quantitative estimate of drug-likeness (QED) is 0.644. The number of rotatable bonds is 1. The average Bonchev–Trinajstić information content (AvgIpc) is 2.74. The molecular formula is C14H9F3N2O. The molecule has 0 radical (unpaired) electrons. The molecule has 0 aromatic heterocycles. The number of carbonyl (C=O) groups is 1. The summed E-state index contributed by atoms with van der Waals surface area (Å²) in [4.78, 5) is 13.2. The van der Waals surface area contributed by atoms with E-state index in [2.05, 4.69) is 0 Å². The van der Waals surface area contributed by atoms with E-state index in [-0.39, 0.29) is 12.2 Å². The number of anilines is 2. The zero-order chi connectivity index (χ0) is 14.4. The van der Waals surface area contributed by atoms with Crippen LogP contribution in [0.5, 0.6) is 0 Å². The van der Waals surface area contributed by atoms with Crippen molar-refractivity contribution < 1.29 is 18.0 Å². The van der Waals surface area contributed by atoms with Gasteiger partial charge in [-0.1, -0.05) is 6.07 Å². The Hall–Kier alpha value is -2.50. The minimum absolute atomic E-state index is 0.0937. The summed E-state index contributed by atoms with van der Waals surface area (Å²) in [6.07, 6.45) is 0. The first-order valence-electron chi connectivity index (χ1n) is 5.83. The molecular weight excluding hydrogens is 269 g/mol. The number of hydrogen-bond donors (Lipinski definition) is 1. The predicted molar refractivity (Wildman–Crippen MR) is 67.7 cm³/mol. The number of nitrogen functional groups attached to an aromatic ring is 1. The molecule has 2 aromatic carbocycles. The maximum atomic E-state index is 13.8. The molecule has 0 unspecified atom stereocenters. The third-order valence-electron chi connectivity index (χ3n) is 3.24. The maximum Gasteiger partial charge on any atom is 0.259 e. The summed E-state index contributed by atoms with van der Waals surface area (Å²) in [5.74, 6) is -4.75. The molecule has 102 valence electrons. The molecule has 3 nitrogen and oxygen atoms in total. The van der Waals surface area contributed by atoms with Crippen LogP contribution < -0.4 is 10.6 Å². The van der Waals surface area contributed by atoms with Gasteiger partial charge in [0.1, 0.15) is 0 Å². The summed E-state index contributed by atoms with van der Waals surface area (Å²) in [5.41, 5.74) is 6.72. The number of carbonyl (C=O) groups excluding carboxylic acids is 1. The van der Waals surface area contributed by atoms with Gasteiger partial charge in [-0.25, -0.2) is 13.2 Å². The van der Waals surface area contributed by atoms with Crippen LogP contribution in [0.2, 0.25) is 0 Å². The van der Waals surface area contributed by atoms with Crippen LogP contribution in [0, 0.1) is 17.5 Å². The van der Waals surface area contributed by atoms with Crippen molar-refractivity contribution in [3.05, 3.63) is 58.9 Å². The van der Waals surface area contributed by atoms with Crippen molar-refractivity contribution in [2.75, 3.05) is 10.6 Å². The topological polar surface area (TPSA) is 46.3 Å². The van der Waals surface area contributed by atoms with Crippen LogP contribution in [0.15, 0.2) is 30.3 Å². The average molecular weight is 278 g/mol. The predicted octanol–water partition coefficient (Wildman–Crippen LogP) is 2.85. The highest BCUT2D eigenvalue weighted by Gasteiger charge is 2.31. The maximum absolute atomic E-state index is 13.8. The first kappa shape index (κ1) is 12.5. The molecule has 2 aromatic rings. The third-order valence-corrected chi connectivity index (χ3v) is 3.24. The number of halogens is 3. The van der Waals surface area contributed by atoms with Crippen LogP contribution in [-0.4, -0.2) is 5.91 Å². The van der Waals surface area contributed by atoms with Gasteiger partial charge in [0.05, 0.1) is 12.2 Å². The van der Waals surface area contributed by atoms with Gasteiger partial charge in [0, 0.05) is 11.3 Å². The van der Waals surface area contributed by atoms with E-state index in [9.17, 15) is 18.0 Å². The number of fused-ring (bicyclic) bond motifs is 1. The molecule has 0 saturated carbocycles. The Morgan fingerprint density at radius 3 is 2.55 bits per heavy atom. The highest BCUT2D eigenvalue weighted by Crippen LogP contribution is 2.32. The van der Waals surface area contributed by atoms with Crippen LogP contribution in [0.1, 0.15) is 15.9 Å². The molecule has 0 atom stereocenters. The van der Waals surface area contributed by atoms with Crippen molar-refractivity contribution in [2.45, 2.75) is 6.54 Å². The molecule has 0 fully saturated rings. The van der Waals surface area contributed by atoms with E-state index in [1.165, 1.54) is 6.07 Å². The van der Waals surface area contributed by atoms with Crippen LogP contribution in [0.4, 0.5) is 24.5 Å². The molecule has 1 aliphatic heterocycles. The molecule has 1 heterocycles. The van der Waals surface area contributed by atoms with Crippen molar-refractivity contribution in [3.63, 3.8) is 0 Å². The molecule has 1 amide bonds. The summed E-state index contributed by atoms with van der Waals surface area (Å²) >= 11 is 0. The van der Waals surface area contributed by atoms with Crippen LogP contribution >= 0.6 is 0 Å². The molecule has 3 rings (SSSR count). The Morgan fingerprint density at radius 1 is 1.05 bits per heavy atom. The molecule has 0 bridgehead atoms. The zero-order valence-corrected chi connectivity index (χ0v) is 10.2. The van der Waals surface area contributed by atoms with Crippen molar-refractivity contribution >= 4 is 17.3 Å². The van der Waals surface area contributed by atoms with E-state index in [0.29, 0.717) is 16.8 Å². The second-order valence-corrected chi connectivity index (χ2v) is 4.50. The number of hydrogen-bond acceptors (Lipinski definition) is 2. The van der Waals surface area contributed by atoms with Gasteiger partial charge in [-0.3, -0.25) is 4.79 Å². The van der Waals surface area contributed by atoms with Gasteiger partial charge in [0.15, 0.2) is 17.5 Å². The summed E-state index contributed by atoms with van der Waals surface area (Å²) < 4.78 is 39.9. The van der Waals surface area contributed by atoms with E-state index >= 15 is 0 Å². The largest absolute Gasteiger partial charge is 0.399 e. The summed E-state index contributed by atoms with van der Waals surface area (Å²) in [7, 11) is 0. The standard InChI is InChI=1S/C14H9F3N2O/c15-10-3-4-11(13(17)12(10)16)19-6-7-1-2-8(18)5-9(7)14(19)20/h1-5H,6,18H2.